The minimum atomic E-state index is -1.54. The Labute approximate surface area is 118 Å². The van der Waals surface area contributed by atoms with E-state index in [0.29, 0.717) is 22.6 Å². The second-order valence-corrected chi connectivity index (χ2v) is 5.29. The molecule has 0 heterocycles. The van der Waals surface area contributed by atoms with Crippen LogP contribution in [0.25, 0.3) is 0 Å². The van der Waals surface area contributed by atoms with Crippen LogP contribution in [0.2, 0.25) is 0 Å². The van der Waals surface area contributed by atoms with Gasteiger partial charge in [0.1, 0.15) is 5.67 Å². The summed E-state index contributed by atoms with van der Waals surface area (Å²) in [5.41, 5.74) is -0.481. The van der Waals surface area contributed by atoms with Crippen LogP contribution in [0.5, 0.6) is 11.5 Å². The van der Waals surface area contributed by atoms with E-state index in [1.807, 2.05) is 0 Å². The summed E-state index contributed by atoms with van der Waals surface area (Å²) in [4.78, 5) is 11.0. The summed E-state index contributed by atoms with van der Waals surface area (Å²) in [6, 6.07) is 3.22. The average Bonchev–Trinajstić information content (AvgIpc) is 2.36. The molecule has 112 valence electrons. The number of hydrogen-bond donors (Lipinski definition) is 1. The van der Waals surface area contributed by atoms with Crippen LogP contribution in [0.1, 0.15) is 31.9 Å². The van der Waals surface area contributed by atoms with Gasteiger partial charge in [0.25, 0.3) is 0 Å². The van der Waals surface area contributed by atoms with Gasteiger partial charge >= 0.3 is 5.97 Å². The first kappa shape index (κ1) is 16.3. The van der Waals surface area contributed by atoms with E-state index in [4.69, 9.17) is 14.6 Å². The molecule has 0 aliphatic heterocycles. The summed E-state index contributed by atoms with van der Waals surface area (Å²) >= 11 is 0. The van der Waals surface area contributed by atoms with Crippen LogP contribution in [0.3, 0.4) is 0 Å². The molecule has 0 saturated carbocycles. The summed E-state index contributed by atoms with van der Waals surface area (Å²) < 4.78 is 24.6. The van der Waals surface area contributed by atoms with Crippen LogP contribution in [0.4, 0.5) is 4.39 Å². The van der Waals surface area contributed by atoms with E-state index in [9.17, 15) is 9.18 Å². The van der Waals surface area contributed by atoms with Gasteiger partial charge in [-0.05, 0) is 43.5 Å². The molecule has 0 fully saturated rings. The predicted molar refractivity (Wildman–Crippen MR) is 74.2 cm³/mol. The zero-order chi connectivity index (χ0) is 15.5. The monoisotopic (exact) mass is 284 g/mol. The molecular formula is C15H21FO4. The number of aliphatic carboxylic acids is 1. The van der Waals surface area contributed by atoms with Crippen molar-refractivity contribution in [1.29, 1.82) is 0 Å². The summed E-state index contributed by atoms with van der Waals surface area (Å²) in [6.07, 6.45) is 0.249. The van der Waals surface area contributed by atoms with Crippen molar-refractivity contribution in [3.05, 3.63) is 23.3 Å². The molecule has 1 aromatic carbocycles. The zero-order valence-corrected chi connectivity index (χ0v) is 12.5. The SMILES string of the molecule is COc1cc(C(C)(C)F)cc(CC(C)C(=O)O)c1OC. The molecule has 0 aliphatic rings. The van der Waals surface area contributed by atoms with Gasteiger partial charge in [-0.15, -0.1) is 0 Å². The van der Waals surface area contributed by atoms with E-state index in [-0.39, 0.29) is 6.42 Å². The van der Waals surface area contributed by atoms with Crippen molar-refractivity contribution >= 4 is 5.97 Å². The predicted octanol–water partition coefficient (Wildman–Crippen LogP) is 3.17. The lowest BCUT2D eigenvalue weighted by atomic mass is 9.93. The van der Waals surface area contributed by atoms with Gasteiger partial charge in [0.05, 0.1) is 20.1 Å². The number of benzene rings is 1. The quantitative estimate of drug-likeness (QED) is 0.871. The zero-order valence-electron chi connectivity index (χ0n) is 12.5. The Morgan fingerprint density at radius 1 is 1.35 bits per heavy atom. The van der Waals surface area contributed by atoms with Crippen LogP contribution in [0.15, 0.2) is 12.1 Å². The van der Waals surface area contributed by atoms with Crippen LogP contribution < -0.4 is 9.47 Å². The van der Waals surface area contributed by atoms with Gasteiger partial charge in [-0.2, -0.15) is 0 Å². The van der Waals surface area contributed by atoms with Gasteiger partial charge in [0, 0.05) is 0 Å². The van der Waals surface area contributed by atoms with Crippen LogP contribution in [-0.4, -0.2) is 25.3 Å². The highest BCUT2D eigenvalue weighted by Gasteiger charge is 2.25. The second kappa shape index (κ2) is 6.11. The number of halogens is 1. The standard InChI is InChI=1S/C15H21FO4/c1-9(14(17)18)6-10-7-11(15(2,3)16)8-12(19-4)13(10)20-5/h7-9H,6H2,1-5H3,(H,17,18). The average molecular weight is 284 g/mol. The van der Waals surface area contributed by atoms with E-state index < -0.39 is 17.6 Å². The van der Waals surface area contributed by atoms with Crippen molar-refractivity contribution in [2.75, 3.05) is 14.2 Å². The molecule has 4 nitrogen and oxygen atoms in total. The highest BCUT2D eigenvalue weighted by molar-refractivity contribution is 5.70. The number of rotatable bonds is 6. The lowest BCUT2D eigenvalue weighted by Crippen LogP contribution is -2.15. The molecule has 0 bridgehead atoms. The van der Waals surface area contributed by atoms with E-state index in [1.54, 1.807) is 19.1 Å². The molecule has 0 spiro atoms. The number of methoxy groups -OCH3 is 2. The Morgan fingerprint density at radius 3 is 2.35 bits per heavy atom. The first-order valence-corrected chi connectivity index (χ1v) is 6.37. The number of alkyl halides is 1. The van der Waals surface area contributed by atoms with Gasteiger partial charge in [-0.1, -0.05) is 6.92 Å². The Bertz CT molecular complexity index is 491. The summed E-state index contributed by atoms with van der Waals surface area (Å²) in [5, 5.41) is 9.02. The number of ether oxygens (including phenoxy) is 2. The van der Waals surface area contributed by atoms with Crippen molar-refractivity contribution in [3.63, 3.8) is 0 Å². The van der Waals surface area contributed by atoms with E-state index in [2.05, 4.69) is 0 Å². The summed E-state index contributed by atoms with van der Waals surface area (Å²) in [7, 11) is 2.95. The van der Waals surface area contributed by atoms with Crippen LogP contribution in [0, 0.1) is 5.92 Å². The molecule has 1 unspecified atom stereocenters. The number of carboxylic acids is 1. The molecular weight excluding hydrogens is 263 g/mol. The van der Waals surface area contributed by atoms with Gasteiger partial charge in [0.15, 0.2) is 11.5 Å². The van der Waals surface area contributed by atoms with Crippen LogP contribution in [-0.2, 0) is 16.9 Å². The Kier molecular flexibility index (Phi) is 4.98. The first-order valence-electron chi connectivity index (χ1n) is 6.37. The van der Waals surface area contributed by atoms with Crippen molar-refractivity contribution in [2.24, 2.45) is 5.92 Å². The normalized spacial score (nSPS) is 12.9. The largest absolute Gasteiger partial charge is 0.493 e. The first-order chi connectivity index (χ1) is 9.20. The van der Waals surface area contributed by atoms with Gasteiger partial charge in [-0.25, -0.2) is 4.39 Å². The molecule has 20 heavy (non-hydrogen) atoms. The fraction of sp³-hybridized carbons (Fsp3) is 0.533. The van der Waals surface area contributed by atoms with Gasteiger partial charge < -0.3 is 14.6 Å². The van der Waals surface area contributed by atoms with E-state index in [0.717, 1.165) is 0 Å². The number of carbonyl (C=O) groups is 1. The third-order valence-electron chi connectivity index (χ3n) is 3.19. The van der Waals surface area contributed by atoms with Crippen molar-refractivity contribution in [1.82, 2.24) is 0 Å². The van der Waals surface area contributed by atoms with E-state index in [1.165, 1.54) is 28.1 Å². The van der Waals surface area contributed by atoms with Crippen LogP contribution >= 0.6 is 0 Å². The Morgan fingerprint density at radius 2 is 1.95 bits per heavy atom. The van der Waals surface area contributed by atoms with Crippen molar-refractivity contribution < 1.29 is 23.8 Å². The lowest BCUT2D eigenvalue weighted by Gasteiger charge is -2.21. The second-order valence-electron chi connectivity index (χ2n) is 5.29. The molecule has 1 atom stereocenters. The summed E-state index contributed by atoms with van der Waals surface area (Å²) in [5.74, 6) is -0.639. The van der Waals surface area contributed by atoms with Gasteiger partial charge in [-0.3, -0.25) is 4.79 Å². The molecule has 1 rings (SSSR count). The van der Waals surface area contributed by atoms with E-state index >= 15 is 0 Å². The Hall–Kier alpha value is -1.78. The smallest absolute Gasteiger partial charge is 0.306 e. The molecule has 1 aromatic rings. The molecule has 0 aromatic heterocycles. The fourth-order valence-electron chi connectivity index (χ4n) is 1.96. The van der Waals surface area contributed by atoms with Crippen molar-refractivity contribution in [3.8, 4) is 11.5 Å². The maximum absolute atomic E-state index is 14.1. The molecule has 0 saturated heterocycles. The Balaban J connectivity index is 3.34. The lowest BCUT2D eigenvalue weighted by molar-refractivity contribution is -0.141. The van der Waals surface area contributed by atoms with Gasteiger partial charge in [0.2, 0.25) is 0 Å². The minimum absolute atomic E-state index is 0.249. The highest BCUT2D eigenvalue weighted by Crippen LogP contribution is 2.38. The molecule has 5 heteroatoms. The molecule has 1 N–H and O–H groups in total. The number of carboxylic acid groups (broad SMARTS) is 1. The maximum Gasteiger partial charge on any atom is 0.306 e. The molecule has 0 amide bonds. The molecule has 0 radical (unpaired) electrons. The topological polar surface area (TPSA) is 55.8 Å². The third-order valence-corrected chi connectivity index (χ3v) is 3.19. The summed E-state index contributed by atoms with van der Waals surface area (Å²) in [6.45, 7) is 4.48. The highest BCUT2D eigenvalue weighted by atomic mass is 19.1. The number of hydrogen-bond acceptors (Lipinski definition) is 3. The maximum atomic E-state index is 14.1. The fourth-order valence-corrected chi connectivity index (χ4v) is 1.96. The minimum Gasteiger partial charge on any atom is -0.493 e. The third kappa shape index (κ3) is 3.62. The molecule has 0 aliphatic carbocycles. The van der Waals surface area contributed by atoms with Crippen molar-refractivity contribution in [2.45, 2.75) is 32.9 Å².